The molecule has 1 aromatic heterocycles. The first-order valence-corrected chi connectivity index (χ1v) is 9.60. The quantitative estimate of drug-likeness (QED) is 0.510. The Morgan fingerprint density at radius 2 is 1.64 bits per heavy atom. The molecule has 4 aromatic rings. The van der Waals surface area contributed by atoms with Crippen molar-refractivity contribution in [3.05, 3.63) is 76.5 Å². The minimum Gasteiger partial charge on any atom is -0.440 e. The lowest BCUT2D eigenvalue weighted by Crippen LogP contribution is -2.36. The van der Waals surface area contributed by atoms with Crippen LogP contribution in [0, 0.1) is 6.92 Å². The Kier molecular flexibility index (Phi) is 4.14. The Hall–Kier alpha value is -3.11. The van der Waals surface area contributed by atoms with Crippen molar-refractivity contribution in [2.45, 2.75) is 6.92 Å². The average molecular weight is 371 g/mol. The maximum absolute atomic E-state index is 12.6. The molecule has 0 radical (unpaired) electrons. The minimum absolute atomic E-state index is 0.0111. The van der Waals surface area contributed by atoms with E-state index in [4.69, 9.17) is 9.15 Å². The number of benzene rings is 3. The maximum Gasteiger partial charge on any atom is 0.200 e. The number of morpholine rings is 1. The van der Waals surface area contributed by atoms with E-state index in [1.807, 2.05) is 18.2 Å². The lowest BCUT2D eigenvalue weighted by atomic mass is 9.95. The predicted octanol–water partition coefficient (Wildman–Crippen LogP) is 4.76. The monoisotopic (exact) mass is 371 g/mol. The van der Waals surface area contributed by atoms with Gasteiger partial charge in [0.2, 0.25) is 0 Å². The van der Waals surface area contributed by atoms with Gasteiger partial charge in [0.25, 0.3) is 0 Å². The molecule has 140 valence electrons. The van der Waals surface area contributed by atoms with Gasteiger partial charge >= 0.3 is 0 Å². The van der Waals surface area contributed by atoms with E-state index < -0.39 is 0 Å². The molecular weight excluding hydrogens is 350 g/mol. The number of rotatable bonds is 2. The first kappa shape index (κ1) is 17.0. The van der Waals surface area contributed by atoms with Crippen LogP contribution in [0.2, 0.25) is 0 Å². The highest BCUT2D eigenvalue weighted by Crippen LogP contribution is 2.32. The largest absolute Gasteiger partial charge is 0.440 e. The highest BCUT2D eigenvalue weighted by Gasteiger charge is 2.16. The third kappa shape index (κ3) is 2.86. The molecule has 4 heteroatoms. The summed E-state index contributed by atoms with van der Waals surface area (Å²) in [6.45, 7) is 4.89. The Balaban J connectivity index is 1.67. The third-order valence-corrected chi connectivity index (χ3v) is 5.49. The Morgan fingerprint density at radius 3 is 2.46 bits per heavy atom. The number of ether oxygens (including phenoxy) is 1. The van der Waals surface area contributed by atoms with Gasteiger partial charge in [-0.25, -0.2) is 0 Å². The molecule has 0 aliphatic carbocycles. The van der Waals surface area contributed by atoms with Crippen LogP contribution in [-0.2, 0) is 4.74 Å². The summed E-state index contributed by atoms with van der Waals surface area (Å²) >= 11 is 0. The zero-order chi connectivity index (χ0) is 19.1. The number of fused-ring (bicyclic) bond motifs is 2. The van der Waals surface area contributed by atoms with E-state index in [1.165, 1.54) is 16.3 Å². The van der Waals surface area contributed by atoms with Gasteiger partial charge in [0.1, 0.15) is 5.58 Å². The van der Waals surface area contributed by atoms with E-state index in [-0.39, 0.29) is 5.43 Å². The second-order valence-corrected chi connectivity index (χ2v) is 7.23. The molecule has 0 saturated carbocycles. The van der Waals surface area contributed by atoms with E-state index in [0.29, 0.717) is 30.1 Å². The van der Waals surface area contributed by atoms with Crippen LogP contribution in [0.5, 0.6) is 0 Å². The summed E-state index contributed by atoms with van der Waals surface area (Å²) in [5.74, 6) is 0.617. The fourth-order valence-corrected chi connectivity index (χ4v) is 3.95. The van der Waals surface area contributed by atoms with Gasteiger partial charge in [-0.3, -0.25) is 4.79 Å². The Labute approximate surface area is 163 Å². The summed E-state index contributed by atoms with van der Waals surface area (Å²) in [5, 5.41) is 3.05. The van der Waals surface area contributed by atoms with Gasteiger partial charge in [-0.2, -0.15) is 0 Å². The van der Waals surface area contributed by atoms with E-state index in [1.54, 1.807) is 6.07 Å². The van der Waals surface area contributed by atoms with Crippen molar-refractivity contribution in [2.24, 2.45) is 0 Å². The van der Waals surface area contributed by atoms with E-state index in [0.717, 1.165) is 24.2 Å². The van der Waals surface area contributed by atoms with E-state index in [2.05, 4.69) is 48.2 Å². The average Bonchev–Trinajstić information content (AvgIpc) is 2.74. The predicted molar refractivity (Wildman–Crippen MR) is 113 cm³/mol. The van der Waals surface area contributed by atoms with Gasteiger partial charge in [-0.15, -0.1) is 0 Å². The first-order valence-electron chi connectivity index (χ1n) is 9.60. The summed E-state index contributed by atoms with van der Waals surface area (Å²) < 4.78 is 11.6. The van der Waals surface area contributed by atoms with Crippen LogP contribution in [0.25, 0.3) is 32.9 Å². The molecular formula is C24H21NO3. The second kappa shape index (κ2) is 6.80. The zero-order valence-corrected chi connectivity index (χ0v) is 15.8. The molecule has 1 saturated heterocycles. The summed E-state index contributed by atoms with van der Waals surface area (Å²) in [7, 11) is 0. The van der Waals surface area contributed by atoms with Crippen molar-refractivity contribution in [3.63, 3.8) is 0 Å². The molecule has 5 rings (SSSR count). The van der Waals surface area contributed by atoms with Crippen molar-refractivity contribution in [3.8, 4) is 11.1 Å². The van der Waals surface area contributed by atoms with Gasteiger partial charge in [-0.1, -0.05) is 42.5 Å². The van der Waals surface area contributed by atoms with Crippen LogP contribution in [0.15, 0.2) is 69.9 Å². The molecule has 1 aliphatic rings. The van der Waals surface area contributed by atoms with Crippen LogP contribution in [-0.4, -0.2) is 26.3 Å². The van der Waals surface area contributed by atoms with Crippen LogP contribution in [0.3, 0.4) is 0 Å². The molecule has 28 heavy (non-hydrogen) atoms. The number of hydrogen-bond donors (Lipinski definition) is 0. The maximum atomic E-state index is 12.6. The zero-order valence-electron chi connectivity index (χ0n) is 15.8. The van der Waals surface area contributed by atoms with Crippen molar-refractivity contribution in [2.75, 3.05) is 31.2 Å². The fraction of sp³-hybridized carbons (Fsp3) is 0.208. The lowest BCUT2D eigenvalue weighted by molar-refractivity contribution is 0.121. The molecule has 4 nitrogen and oxygen atoms in total. The van der Waals surface area contributed by atoms with Crippen LogP contribution in [0.1, 0.15) is 5.56 Å². The molecule has 0 N–H and O–H groups in total. The molecule has 0 spiro atoms. The minimum atomic E-state index is -0.0111. The highest BCUT2D eigenvalue weighted by atomic mass is 16.5. The van der Waals surface area contributed by atoms with Crippen molar-refractivity contribution < 1.29 is 9.15 Å². The standard InChI is InChI=1S/C24H21NO3/c1-16-6-8-19(20-5-3-2-4-18(16)20)17-7-9-21-22(26)15-24(28-23(21)14-17)25-10-12-27-13-11-25/h2-9,14-15H,10-13H2,1H3. The smallest absolute Gasteiger partial charge is 0.200 e. The van der Waals surface area contributed by atoms with Gasteiger partial charge in [0.05, 0.1) is 18.6 Å². The number of nitrogens with zero attached hydrogens (tertiary/aromatic N) is 1. The molecule has 0 atom stereocenters. The van der Waals surface area contributed by atoms with Gasteiger partial charge in [0, 0.05) is 19.2 Å². The Morgan fingerprint density at radius 1 is 0.857 bits per heavy atom. The van der Waals surface area contributed by atoms with Crippen LogP contribution in [0.4, 0.5) is 5.88 Å². The van der Waals surface area contributed by atoms with Gasteiger partial charge in [-0.05, 0) is 46.5 Å². The van der Waals surface area contributed by atoms with E-state index >= 15 is 0 Å². The highest BCUT2D eigenvalue weighted by molar-refractivity contribution is 5.99. The summed E-state index contributed by atoms with van der Waals surface area (Å²) in [6.07, 6.45) is 0. The van der Waals surface area contributed by atoms with Crippen LogP contribution < -0.4 is 10.3 Å². The van der Waals surface area contributed by atoms with Gasteiger partial charge in [0.15, 0.2) is 11.3 Å². The summed E-state index contributed by atoms with van der Waals surface area (Å²) in [4.78, 5) is 14.7. The third-order valence-electron chi connectivity index (χ3n) is 5.49. The molecule has 2 heterocycles. The van der Waals surface area contributed by atoms with Crippen molar-refractivity contribution >= 4 is 27.6 Å². The Bertz CT molecular complexity index is 1240. The van der Waals surface area contributed by atoms with Gasteiger partial charge < -0.3 is 14.1 Å². The molecule has 1 aliphatic heterocycles. The van der Waals surface area contributed by atoms with Crippen molar-refractivity contribution in [1.29, 1.82) is 0 Å². The van der Waals surface area contributed by atoms with E-state index in [9.17, 15) is 4.79 Å². The second-order valence-electron chi connectivity index (χ2n) is 7.23. The number of aryl methyl sites for hydroxylation is 1. The summed E-state index contributed by atoms with van der Waals surface area (Å²) in [6, 6.07) is 20.1. The fourth-order valence-electron chi connectivity index (χ4n) is 3.95. The van der Waals surface area contributed by atoms with Crippen LogP contribution >= 0.6 is 0 Å². The molecule has 0 bridgehead atoms. The molecule has 1 fully saturated rings. The molecule has 3 aromatic carbocycles. The normalized spacial score (nSPS) is 14.7. The lowest BCUT2D eigenvalue weighted by Gasteiger charge is -2.27. The molecule has 0 unspecified atom stereocenters. The topological polar surface area (TPSA) is 42.7 Å². The SMILES string of the molecule is Cc1ccc(-c2ccc3c(=O)cc(N4CCOCC4)oc3c2)c2ccccc12. The number of anilines is 1. The number of hydrogen-bond acceptors (Lipinski definition) is 4. The first-order chi connectivity index (χ1) is 13.7. The molecule has 0 amide bonds. The summed E-state index contributed by atoms with van der Waals surface area (Å²) in [5.41, 5.74) is 4.05. The van der Waals surface area contributed by atoms with Crippen molar-refractivity contribution in [1.82, 2.24) is 0 Å².